The van der Waals surface area contributed by atoms with E-state index in [1.54, 1.807) is 6.07 Å². The molecule has 0 unspecified atom stereocenters. The minimum absolute atomic E-state index is 0.00200. The number of aryl methyl sites for hydroxylation is 2. The van der Waals surface area contributed by atoms with Crippen molar-refractivity contribution >= 4 is 17.8 Å². The molecule has 0 saturated carbocycles. The van der Waals surface area contributed by atoms with Crippen LogP contribution in [0.5, 0.6) is 0 Å². The van der Waals surface area contributed by atoms with Gasteiger partial charge in [-0.2, -0.15) is 13.2 Å². The second-order valence-electron chi connectivity index (χ2n) is 14.6. The van der Waals surface area contributed by atoms with Gasteiger partial charge in [0.1, 0.15) is 6.54 Å². The largest absolute Gasteiger partial charge is 0.479 e. The number of piperidine rings is 1. The Kier molecular flexibility index (Phi) is 14.8. The SMILES string of the molecule is CCN1CCC(N(Cc2ccc(-c3ccc(C(F)(F)F)cc3)cc2)C(=O)Cn2c(CCc3cccc(F)c3F)cc(=O)c3c2CCC3)CC1.O=C(O)[C@H](O)[C@@H](O)C(=O)O. The maximum atomic E-state index is 14.5. The molecule has 2 aliphatic rings. The number of rotatable bonds is 13. The molecule has 59 heavy (non-hydrogen) atoms. The number of carbonyl (C=O) groups is 3. The third-order valence-corrected chi connectivity index (χ3v) is 10.9. The number of halogens is 5. The Morgan fingerprint density at radius 2 is 1.44 bits per heavy atom. The monoisotopic (exact) mass is 827 g/mol. The van der Waals surface area contributed by atoms with Crippen LogP contribution in [0.15, 0.2) is 77.6 Å². The minimum atomic E-state index is -4.40. The fourth-order valence-corrected chi connectivity index (χ4v) is 7.50. The van der Waals surface area contributed by atoms with Gasteiger partial charge < -0.3 is 34.8 Å². The van der Waals surface area contributed by atoms with E-state index in [2.05, 4.69) is 11.8 Å². The summed E-state index contributed by atoms with van der Waals surface area (Å²) in [5.41, 5.74) is 3.96. The van der Waals surface area contributed by atoms with Gasteiger partial charge >= 0.3 is 18.1 Å². The quantitative estimate of drug-likeness (QED) is 0.128. The third kappa shape index (κ3) is 11.2. The minimum Gasteiger partial charge on any atom is -0.479 e. The molecule has 1 aromatic heterocycles. The van der Waals surface area contributed by atoms with Crippen molar-refractivity contribution in [3.05, 3.63) is 128 Å². The Bertz CT molecular complexity index is 2150. The lowest BCUT2D eigenvalue weighted by Crippen LogP contribution is -2.48. The molecular weight excluding hydrogens is 781 g/mol. The van der Waals surface area contributed by atoms with Crippen LogP contribution in [0.4, 0.5) is 22.0 Å². The fraction of sp³-hybridized carbons (Fsp3) is 0.395. The van der Waals surface area contributed by atoms with Crippen molar-refractivity contribution < 1.29 is 56.8 Å². The van der Waals surface area contributed by atoms with Crippen molar-refractivity contribution in [3.8, 4) is 11.1 Å². The van der Waals surface area contributed by atoms with E-state index in [9.17, 15) is 41.1 Å². The van der Waals surface area contributed by atoms with E-state index in [-0.39, 0.29) is 42.3 Å². The summed E-state index contributed by atoms with van der Waals surface area (Å²) in [6.45, 7) is 5.18. The summed E-state index contributed by atoms with van der Waals surface area (Å²) in [5, 5.41) is 32.5. The van der Waals surface area contributed by atoms with E-state index in [0.717, 1.165) is 79.5 Å². The lowest BCUT2D eigenvalue weighted by atomic mass is 10.00. The normalized spacial score (nSPS) is 15.5. The standard InChI is InChI=1S/C39H40F5N3O2.C4H6O6/c1-2-45-21-19-31(20-22-45)47(24-26-9-11-27(12-10-26)28-13-16-30(17-14-28)39(42,43)44)37(49)25-46-32(23-36(48)33-6-4-8-35(33)46)18-15-29-5-3-7-34(40)38(29)41;5-1(3(7)8)2(6)4(9)10/h3,5,7,9-14,16-17,23,31H,2,4,6,8,15,18-22,24-25H2,1H3;1-2,5-6H,(H,7,8)(H,9,10)/t;1-,2-/m.1/s1. The van der Waals surface area contributed by atoms with Crippen molar-refractivity contribution in [2.24, 2.45) is 0 Å². The summed E-state index contributed by atoms with van der Waals surface area (Å²) in [7, 11) is 0. The molecule has 16 heteroatoms. The number of aliphatic hydroxyl groups excluding tert-OH is 2. The molecule has 0 spiro atoms. The van der Waals surface area contributed by atoms with E-state index >= 15 is 0 Å². The Labute approximate surface area is 336 Å². The maximum absolute atomic E-state index is 14.5. The molecule has 4 N–H and O–H groups in total. The van der Waals surface area contributed by atoms with Gasteiger partial charge in [0, 0.05) is 48.7 Å². The van der Waals surface area contributed by atoms with Gasteiger partial charge in [0.15, 0.2) is 29.3 Å². The van der Waals surface area contributed by atoms with Gasteiger partial charge in [-0.1, -0.05) is 55.5 Å². The zero-order valence-electron chi connectivity index (χ0n) is 32.3. The number of amides is 1. The highest BCUT2D eigenvalue weighted by atomic mass is 19.4. The van der Waals surface area contributed by atoms with E-state index in [1.165, 1.54) is 24.3 Å². The van der Waals surface area contributed by atoms with Crippen molar-refractivity contribution in [2.75, 3.05) is 19.6 Å². The van der Waals surface area contributed by atoms with Crippen LogP contribution >= 0.6 is 0 Å². The zero-order chi connectivity index (χ0) is 43.0. The van der Waals surface area contributed by atoms with Crippen LogP contribution in [-0.4, -0.2) is 90.5 Å². The summed E-state index contributed by atoms with van der Waals surface area (Å²) < 4.78 is 69.6. The number of aromatic nitrogens is 1. The summed E-state index contributed by atoms with van der Waals surface area (Å²) in [6, 6.07) is 18.2. The molecule has 3 aromatic carbocycles. The molecule has 1 aliphatic carbocycles. The number of carboxylic acids is 2. The molecule has 1 fully saturated rings. The molecule has 1 saturated heterocycles. The van der Waals surface area contributed by atoms with Crippen LogP contribution < -0.4 is 5.43 Å². The highest BCUT2D eigenvalue weighted by molar-refractivity contribution is 5.83. The first-order valence-electron chi connectivity index (χ1n) is 19.3. The molecule has 1 aliphatic heterocycles. The van der Waals surface area contributed by atoms with Gasteiger partial charge in [0.05, 0.1) is 5.56 Å². The molecule has 2 heterocycles. The van der Waals surface area contributed by atoms with Gasteiger partial charge in [0.2, 0.25) is 5.91 Å². The first-order chi connectivity index (χ1) is 28.0. The average Bonchev–Trinajstić information content (AvgIpc) is 3.72. The highest BCUT2D eigenvalue weighted by Crippen LogP contribution is 2.31. The fourth-order valence-electron chi connectivity index (χ4n) is 7.50. The smallest absolute Gasteiger partial charge is 0.416 e. The molecule has 1 amide bonds. The summed E-state index contributed by atoms with van der Waals surface area (Å²) in [4.78, 5) is 51.3. The molecule has 0 radical (unpaired) electrons. The van der Waals surface area contributed by atoms with Crippen molar-refractivity contribution in [3.63, 3.8) is 0 Å². The molecule has 0 bridgehead atoms. The number of carbonyl (C=O) groups excluding carboxylic acids is 1. The average molecular weight is 828 g/mol. The maximum Gasteiger partial charge on any atom is 0.416 e. The first-order valence-corrected chi connectivity index (χ1v) is 19.3. The molecular formula is C43H46F5N3O8. The topological polar surface area (TPSA) is 161 Å². The van der Waals surface area contributed by atoms with Crippen LogP contribution in [0.2, 0.25) is 0 Å². The van der Waals surface area contributed by atoms with Gasteiger partial charge in [0.25, 0.3) is 0 Å². The van der Waals surface area contributed by atoms with E-state index in [0.29, 0.717) is 30.6 Å². The number of fused-ring (bicyclic) bond motifs is 1. The number of pyridine rings is 1. The molecule has 316 valence electrons. The molecule has 6 rings (SSSR count). The van der Waals surface area contributed by atoms with Gasteiger partial charge in [-0.15, -0.1) is 0 Å². The van der Waals surface area contributed by atoms with Crippen molar-refractivity contribution in [1.82, 2.24) is 14.4 Å². The molecule has 11 nitrogen and oxygen atoms in total. The number of alkyl halides is 3. The molecule has 2 atom stereocenters. The van der Waals surface area contributed by atoms with E-state index < -0.39 is 47.5 Å². The first kappa shape index (κ1) is 44.6. The second kappa shape index (κ2) is 19.5. The Morgan fingerprint density at radius 3 is 2.00 bits per heavy atom. The Morgan fingerprint density at radius 1 is 0.847 bits per heavy atom. The van der Waals surface area contributed by atoms with Crippen LogP contribution in [0, 0.1) is 11.6 Å². The number of nitrogens with zero attached hydrogens (tertiary/aromatic N) is 3. The van der Waals surface area contributed by atoms with Crippen molar-refractivity contribution in [2.45, 2.75) is 89.4 Å². The lowest BCUT2D eigenvalue weighted by molar-refractivity contribution is -0.165. The number of benzene rings is 3. The van der Waals surface area contributed by atoms with E-state index in [4.69, 9.17) is 20.4 Å². The highest BCUT2D eigenvalue weighted by Gasteiger charge is 2.32. The predicted molar refractivity (Wildman–Crippen MR) is 206 cm³/mol. The summed E-state index contributed by atoms with van der Waals surface area (Å²) in [6.07, 6.45) is -4.72. The van der Waals surface area contributed by atoms with Crippen LogP contribution in [-0.2, 0) is 59.3 Å². The Balaban J connectivity index is 0.000000586. The molecule has 4 aromatic rings. The zero-order valence-corrected chi connectivity index (χ0v) is 32.3. The third-order valence-electron chi connectivity index (χ3n) is 10.9. The Hall–Kier alpha value is -5.45. The number of likely N-dealkylation sites (tertiary alicyclic amines) is 1. The summed E-state index contributed by atoms with van der Waals surface area (Å²) in [5.74, 6) is -5.44. The van der Waals surface area contributed by atoms with Gasteiger partial charge in [-0.05, 0) is 91.9 Å². The second-order valence-corrected chi connectivity index (χ2v) is 14.6. The lowest BCUT2D eigenvalue weighted by Gasteiger charge is -2.39. The van der Waals surface area contributed by atoms with Crippen LogP contribution in [0.1, 0.15) is 59.8 Å². The van der Waals surface area contributed by atoms with Crippen LogP contribution in [0.3, 0.4) is 0 Å². The van der Waals surface area contributed by atoms with Crippen LogP contribution in [0.25, 0.3) is 11.1 Å². The van der Waals surface area contributed by atoms with E-state index in [1.807, 2.05) is 33.7 Å². The van der Waals surface area contributed by atoms with Gasteiger partial charge in [-0.25, -0.2) is 18.4 Å². The van der Waals surface area contributed by atoms with Gasteiger partial charge in [-0.3, -0.25) is 9.59 Å². The summed E-state index contributed by atoms with van der Waals surface area (Å²) >= 11 is 0. The number of aliphatic hydroxyl groups is 2. The number of aliphatic carboxylic acids is 2. The predicted octanol–water partition coefficient (Wildman–Crippen LogP) is 5.48. The number of carboxylic acid groups (broad SMARTS) is 2. The van der Waals surface area contributed by atoms with Crippen molar-refractivity contribution in [1.29, 1.82) is 0 Å². The number of hydrogen-bond acceptors (Lipinski definition) is 7. The number of hydrogen-bond donors (Lipinski definition) is 4.